The van der Waals surface area contributed by atoms with E-state index in [2.05, 4.69) is 0 Å². The summed E-state index contributed by atoms with van der Waals surface area (Å²) in [6, 6.07) is 7.90. The number of carbonyl (C=O) groups is 1. The fraction of sp³-hybridized carbons (Fsp3) is 0.611. The van der Waals surface area contributed by atoms with Crippen LogP contribution < -0.4 is 10.5 Å². The van der Waals surface area contributed by atoms with Gasteiger partial charge in [-0.1, -0.05) is 12.1 Å². The summed E-state index contributed by atoms with van der Waals surface area (Å²) in [6.45, 7) is 5.82. The Labute approximate surface area is 150 Å². The van der Waals surface area contributed by atoms with Crippen molar-refractivity contribution >= 4 is 18.3 Å². The van der Waals surface area contributed by atoms with Crippen molar-refractivity contribution in [2.24, 2.45) is 11.7 Å². The molecular formula is C18H29ClN2O3. The summed E-state index contributed by atoms with van der Waals surface area (Å²) in [5.41, 5.74) is 6.95. The minimum absolute atomic E-state index is 0. The van der Waals surface area contributed by atoms with Gasteiger partial charge in [0.25, 0.3) is 5.91 Å². The molecule has 2 rings (SSSR count). The highest BCUT2D eigenvalue weighted by Crippen LogP contribution is 2.21. The summed E-state index contributed by atoms with van der Waals surface area (Å²) in [7, 11) is 1.64. The molecule has 1 aromatic carbocycles. The molecule has 1 fully saturated rings. The Kier molecular flexibility index (Phi) is 8.53. The predicted octanol–water partition coefficient (Wildman–Crippen LogP) is 2.61. The summed E-state index contributed by atoms with van der Waals surface area (Å²) >= 11 is 0. The number of hydrogen-bond acceptors (Lipinski definition) is 4. The van der Waals surface area contributed by atoms with Crippen molar-refractivity contribution in [1.29, 1.82) is 0 Å². The summed E-state index contributed by atoms with van der Waals surface area (Å²) in [4.78, 5) is 14.4. The third kappa shape index (κ3) is 5.65. The molecule has 0 saturated carbocycles. The predicted molar refractivity (Wildman–Crippen MR) is 97.4 cm³/mol. The number of piperidine rings is 1. The van der Waals surface area contributed by atoms with Gasteiger partial charge < -0.3 is 20.1 Å². The molecule has 0 spiro atoms. The minimum atomic E-state index is -0.437. The maximum atomic E-state index is 12.5. The van der Waals surface area contributed by atoms with Crippen LogP contribution in [-0.4, -0.2) is 43.2 Å². The topological polar surface area (TPSA) is 64.8 Å². The van der Waals surface area contributed by atoms with Crippen LogP contribution in [0.15, 0.2) is 24.3 Å². The molecule has 2 unspecified atom stereocenters. The molecule has 1 amide bonds. The lowest BCUT2D eigenvalue weighted by atomic mass is 9.91. The van der Waals surface area contributed by atoms with Crippen molar-refractivity contribution in [3.63, 3.8) is 0 Å². The SMILES string of the molecule is COc1cccc(COC(C)C(=O)N2CCC(C(C)N)CC2)c1.Cl. The molecular weight excluding hydrogens is 328 g/mol. The summed E-state index contributed by atoms with van der Waals surface area (Å²) < 4.78 is 10.9. The van der Waals surface area contributed by atoms with Crippen molar-refractivity contribution in [1.82, 2.24) is 4.90 Å². The zero-order chi connectivity index (χ0) is 16.8. The second-order valence-electron chi connectivity index (χ2n) is 6.33. The number of rotatable bonds is 6. The number of hydrogen-bond donors (Lipinski definition) is 1. The Morgan fingerprint density at radius 2 is 2.00 bits per heavy atom. The van der Waals surface area contributed by atoms with E-state index in [1.807, 2.05) is 43.0 Å². The Bertz CT molecular complexity index is 517. The van der Waals surface area contributed by atoms with Crippen molar-refractivity contribution < 1.29 is 14.3 Å². The number of halogens is 1. The van der Waals surface area contributed by atoms with Crippen LogP contribution >= 0.6 is 12.4 Å². The van der Waals surface area contributed by atoms with E-state index >= 15 is 0 Å². The molecule has 0 radical (unpaired) electrons. The molecule has 2 N–H and O–H groups in total. The first-order chi connectivity index (χ1) is 11.0. The molecule has 1 aromatic rings. The third-order valence-corrected chi connectivity index (χ3v) is 4.58. The van der Waals surface area contributed by atoms with Gasteiger partial charge in [-0.2, -0.15) is 0 Å². The first kappa shape index (κ1) is 20.7. The summed E-state index contributed by atoms with van der Waals surface area (Å²) in [5, 5.41) is 0. The van der Waals surface area contributed by atoms with Crippen LogP contribution in [0.5, 0.6) is 5.75 Å². The average molecular weight is 357 g/mol. The minimum Gasteiger partial charge on any atom is -0.497 e. The lowest BCUT2D eigenvalue weighted by Gasteiger charge is -2.35. The third-order valence-electron chi connectivity index (χ3n) is 4.58. The highest BCUT2D eigenvalue weighted by Gasteiger charge is 2.27. The maximum Gasteiger partial charge on any atom is 0.251 e. The number of methoxy groups -OCH3 is 1. The van der Waals surface area contributed by atoms with Gasteiger partial charge in [-0.15, -0.1) is 12.4 Å². The Morgan fingerprint density at radius 3 is 2.58 bits per heavy atom. The van der Waals surface area contributed by atoms with Gasteiger partial charge >= 0.3 is 0 Å². The molecule has 1 saturated heterocycles. The van der Waals surface area contributed by atoms with Crippen molar-refractivity contribution in [2.75, 3.05) is 20.2 Å². The molecule has 6 heteroatoms. The van der Waals surface area contributed by atoms with E-state index in [0.717, 1.165) is 37.2 Å². The normalized spacial score (nSPS) is 17.8. The number of carbonyl (C=O) groups excluding carboxylic acids is 1. The number of likely N-dealkylation sites (tertiary alicyclic amines) is 1. The fourth-order valence-corrected chi connectivity index (χ4v) is 2.96. The number of ether oxygens (including phenoxy) is 2. The average Bonchev–Trinajstić information content (AvgIpc) is 2.59. The zero-order valence-corrected chi connectivity index (χ0v) is 15.6. The first-order valence-electron chi connectivity index (χ1n) is 8.30. The second kappa shape index (κ2) is 9.87. The van der Waals surface area contributed by atoms with E-state index in [1.54, 1.807) is 7.11 Å². The van der Waals surface area contributed by atoms with Crippen molar-refractivity contribution in [3.05, 3.63) is 29.8 Å². The molecule has 0 bridgehead atoms. The van der Waals surface area contributed by atoms with Gasteiger partial charge in [0.1, 0.15) is 11.9 Å². The highest BCUT2D eigenvalue weighted by molar-refractivity contribution is 5.85. The van der Waals surface area contributed by atoms with Crippen molar-refractivity contribution in [2.45, 2.75) is 45.4 Å². The lowest BCUT2D eigenvalue weighted by Crippen LogP contribution is -2.46. The van der Waals surface area contributed by atoms with Gasteiger partial charge in [0, 0.05) is 19.1 Å². The van der Waals surface area contributed by atoms with Gasteiger partial charge in [-0.3, -0.25) is 4.79 Å². The quantitative estimate of drug-likeness (QED) is 0.850. The fourth-order valence-electron chi connectivity index (χ4n) is 2.96. The van der Waals surface area contributed by atoms with Gasteiger partial charge in [0.15, 0.2) is 0 Å². The van der Waals surface area contributed by atoms with Crippen LogP contribution in [0.1, 0.15) is 32.3 Å². The Balaban J connectivity index is 0.00000288. The second-order valence-corrected chi connectivity index (χ2v) is 6.33. The largest absolute Gasteiger partial charge is 0.497 e. The summed E-state index contributed by atoms with van der Waals surface area (Å²) in [5.74, 6) is 1.38. The van der Waals surface area contributed by atoms with Crippen LogP contribution in [0.25, 0.3) is 0 Å². The van der Waals surface area contributed by atoms with Gasteiger partial charge in [-0.25, -0.2) is 0 Å². The van der Waals surface area contributed by atoms with Crippen LogP contribution in [0.2, 0.25) is 0 Å². The zero-order valence-electron chi connectivity index (χ0n) is 14.7. The molecule has 136 valence electrons. The standard InChI is InChI=1S/C18H28N2O3.ClH/c1-13(19)16-7-9-20(10-8-16)18(21)14(2)23-12-15-5-4-6-17(11-15)22-3;/h4-6,11,13-14,16H,7-10,12,19H2,1-3H3;1H. The van der Waals surface area contributed by atoms with E-state index in [-0.39, 0.29) is 24.4 Å². The van der Waals surface area contributed by atoms with Crippen LogP contribution in [0, 0.1) is 5.92 Å². The smallest absolute Gasteiger partial charge is 0.251 e. The number of amides is 1. The van der Waals surface area contributed by atoms with Crippen LogP contribution in [-0.2, 0) is 16.1 Å². The molecule has 1 heterocycles. The number of nitrogens with two attached hydrogens (primary N) is 1. The Morgan fingerprint density at radius 1 is 1.33 bits per heavy atom. The van der Waals surface area contributed by atoms with Gasteiger partial charge in [0.2, 0.25) is 0 Å². The number of benzene rings is 1. The molecule has 0 aliphatic carbocycles. The monoisotopic (exact) mass is 356 g/mol. The van der Waals surface area contributed by atoms with E-state index in [4.69, 9.17) is 15.2 Å². The summed E-state index contributed by atoms with van der Waals surface area (Å²) in [6.07, 6.45) is 1.52. The maximum absolute atomic E-state index is 12.5. The van der Waals surface area contributed by atoms with E-state index in [9.17, 15) is 4.79 Å². The van der Waals surface area contributed by atoms with Gasteiger partial charge in [0.05, 0.1) is 13.7 Å². The molecule has 5 nitrogen and oxygen atoms in total. The molecule has 0 aromatic heterocycles. The Hall–Kier alpha value is -1.30. The molecule has 1 aliphatic rings. The molecule has 1 aliphatic heterocycles. The van der Waals surface area contributed by atoms with E-state index in [1.165, 1.54) is 0 Å². The number of nitrogens with zero attached hydrogens (tertiary/aromatic N) is 1. The van der Waals surface area contributed by atoms with Crippen LogP contribution in [0.3, 0.4) is 0 Å². The van der Waals surface area contributed by atoms with E-state index < -0.39 is 6.10 Å². The molecule has 24 heavy (non-hydrogen) atoms. The van der Waals surface area contributed by atoms with E-state index in [0.29, 0.717) is 12.5 Å². The lowest BCUT2D eigenvalue weighted by molar-refractivity contribution is -0.144. The van der Waals surface area contributed by atoms with Crippen molar-refractivity contribution in [3.8, 4) is 5.75 Å². The highest BCUT2D eigenvalue weighted by atomic mass is 35.5. The van der Waals surface area contributed by atoms with Crippen LogP contribution in [0.4, 0.5) is 0 Å². The molecule has 2 atom stereocenters. The first-order valence-corrected chi connectivity index (χ1v) is 8.30. The van der Waals surface area contributed by atoms with Gasteiger partial charge in [-0.05, 0) is 50.3 Å².